The second kappa shape index (κ2) is 7.37. The molecule has 1 unspecified atom stereocenters. The largest absolute Gasteiger partial charge is 0.456 e. The molecule has 12 rings (SSSR count). The van der Waals surface area contributed by atoms with E-state index in [2.05, 4.69) is 153 Å². The van der Waals surface area contributed by atoms with Crippen molar-refractivity contribution in [1.29, 1.82) is 0 Å². The number of nitrogens with zero attached hydrogens (tertiary/aromatic N) is 3. The fourth-order valence-electron chi connectivity index (χ4n) is 9.03. The average molecular weight is 574 g/mol. The molecule has 3 aliphatic rings. The third-order valence-corrected chi connectivity index (χ3v) is 10.6. The lowest BCUT2D eigenvalue weighted by atomic mass is 9.85. The zero-order chi connectivity index (χ0) is 29.0. The summed E-state index contributed by atoms with van der Waals surface area (Å²) in [6, 6.07) is 46.4. The predicted molar refractivity (Wildman–Crippen MR) is 177 cm³/mol. The molecule has 0 amide bonds. The highest BCUT2D eigenvalue weighted by Crippen LogP contribution is 2.58. The van der Waals surface area contributed by atoms with Crippen molar-refractivity contribution in [3.8, 4) is 28.4 Å². The van der Waals surface area contributed by atoms with Gasteiger partial charge in [-0.25, -0.2) is 0 Å². The van der Waals surface area contributed by atoms with Crippen molar-refractivity contribution < 1.29 is 13.9 Å². The van der Waals surface area contributed by atoms with Gasteiger partial charge in [-0.1, -0.05) is 42.5 Å². The molecule has 0 saturated carbocycles. The first-order valence-electron chi connectivity index (χ1n) is 15.5. The number of hydrogen-bond donors (Lipinski definition) is 0. The van der Waals surface area contributed by atoms with Gasteiger partial charge in [0.2, 0.25) is 11.2 Å². The van der Waals surface area contributed by atoms with Crippen LogP contribution in [0.3, 0.4) is 0 Å². The topological polar surface area (TPSA) is 21.9 Å². The number of benzene rings is 6. The first kappa shape index (κ1) is 22.5. The number of hydrogen-bond acceptors (Lipinski definition) is 1. The normalized spacial score (nSPS) is 16.7. The SMILES string of the molecule is c1ccc(-n2c3ccccc3c3cc4c(cc32)c2ccc[n+]3c2c2c5c(ccc42)Oc2cccc4c2C53[n+]2ccccc2-4)cc1. The Kier molecular flexibility index (Phi) is 3.69. The van der Waals surface area contributed by atoms with Crippen LogP contribution in [0.4, 0.5) is 0 Å². The zero-order valence-corrected chi connectivity index (χ0v) is 24.0. The molecule has 0 radical (unpaired) electrons. The highest BCUT2D eigenvalue weighted by Gasteiger charge is 2.70. The van der Waals surface area contributed by atoms with Gasteiger partial charge in [-0.2, -0.15) is 0 Å². The third-order valence-electron chi connectivity index (χ3n) is 10.6. The third kappa shape index (κ3) is 2.34. The Hall–Kier alpha value is -6.00. The van der Waals surface area contributed by atoms with Crippen LogP contribution in [0, 0.1) is 0 Å². The summed E-state index contributed by atoms with van der Waals surface area (Å²) in [4.78, 5) is 0. The van der Waals surface area contributed by atoms with Gasteiger partial charge in [-0.05, 0) is 82.9 Å². The van der Waals surface area contributed by atoms with Crippen LogP contribution in [0.5, 0.6) is 11.5 Å². The summed E-state index contributed by atoms with van der Waals surface area (Å²) in [5, 5.41) is 8.87. The molecule has 1 atom stereocenters. The van der Waals surface area contributed by atoms with E-state index in [1.165, 1.54) is 82.3 Å². The number of aromatic nitrogens is 3. The Bertz CT molecular complexity index is 2850. The van der Waals surface area contributed by atoms with Gasteiger partial charge in [0, 0.05) is 34.7 Å². The molecule has 9 aromatic rings. The second-order valence-corrected chi connectivity index (χ2v) is 12.5. The van der Waals surface area contributed by atoms with Gasteiger partial charge in [0.15, 0.2) is 23.5 Å². The van der Waals surface area contributed by atoms with E-state index in [4.69, 9.17) is 4.74 Å². The highest BCUT2D eigenvalue weighted by atomic mass is 16.5. The van der Waals surface area contributed by atoms with Gasteiger partial charge in [-0.3, -0.25) is 0 Å². The fourth-order valence-corrected chi connectivity index (χ4v) is 9.03. The minimum Gasteiger partial charge on any atom is -0.456 e. The summed E-state index contributed by atoms with van der Waals surface area (Å²) >= 11 is 0. The summed E-state index contributed by atoms with van der Waals surface area (Å²) in [6.07, 6.45) is 4.52. The van der Waals surface area contributed by atoms with Crippen LogP contribution in [0.15, 0.2) is 140 Å². The van der Waals surface area contributed by atoms with E-state index in [0.29, 0.717) is 0 Å². The van der Waals surface area contributed by atoms with Gasteiger partial charge in [0.1, 0.15) is 11.5 Å². The number of pyridine rings is 2. The molecule has 0 fully saturated rings. The van der Waals surface area contributed by atoms with E-state index < -0.39 is 5.66 Å². The minimum absolute atomic E-state index is 0.555. The van der Waals surface area contributed by atoms with Crippen LogP contribution in [-0.2, 0) is 5.66 Å². The molecular weight excluding hydrogens is 550 g/mol. The van der Waals surface area contributed by atoms with Gasteiger partial charge < -0.3 is 9.30 Å². The van der Waals surface area contributed by atoms with Crippen molar-refractivity contribution in [2.75, 3.05) is 0 Å². The van der Waals surface area contributed by atoms with Crippen LogP contribution in [0.2, 0.25) is 0 Å². The summed E-state index contributed by atoms with van der Waals surface area (Å²) in [6.45, 7) is 0. The van der Waals surface area contributed by atoms with Crippen LogP contribution in [0.1, 0.15) is 11.1 Å². The lowest BCUT2D eigenvalue weighted by molar-refractivity contribution is -0.950. The highest BCUT2D eigenvalue weighted by molar-refractivity contribution is 6.29. The van der Waals surface area contributed by atoms with Gasteiger partial charge >= 0.3 is 5.66 Å². The van der Waals surface area contributed by atoms with Crippen LogP contribution in [-0.4, -0.2) is 4.57 Å². The van der Waals surface area contributed by atoms with Crippen LogP contribution < -0.4 is 13.9 Å². The maximum absolute atomic E-state index is 6.77. The van der Waals surface area contributed by atoms with E-state index in [-0.39, 0.29) is 0 Å². The lowest BCUT2D eigenvalue weighted by Crippen LogP contribution is -2.71. The van der Waals surface area contributed by atoms with Gasteiger partial charge in [0.05, 0.1) is 27.4 Å². The first-order chi connectivity index (χ1) is 22.3. The lowest BCUT2D eigenvalue weighted by Gasteiger charge is -2.25. The Balaban J connectivity index is 1.32. The molecule has 1 spiro atoms. The summed E-state index contributed by atoms with van der Waals surface area (Å²) in [5.74, 6) is 1.86. The quantitative estimate of drug-likeness (QED) is 0.143. The Morgan fingerprint density at radius 3 is 2.27 bits per heavy atom. The number of para-hydroxylation sites is 2. The summed E-state index contributed by atoms with van der Waals surface area (Å²) in [5.41, 5.74) is 9.21. The number of rotatable bonds is 1. The van der Waals surface area contributed by atoms with Gasteiger partial charge in [-0.15, -0.1) is 9.13 Å². The van der Waals surface area contributed by atoms with E-state index in [0.717, 1.165) is 11.5 Å². The molecule has 206 valence electrons. The molecule has 0 saturated heterocycles. The molecule has 45 heavy (non-hydrogen) atoms. The molecule has 0 N–H and O–H groups in total. The predicted octanol–water partition coefficient (Wildman–Crippen LogP) is 8.52. The smallest absolute Gasteiger partial charge is 0.425 e. The summed E-state index contributed by atoms with van der Waals surface area (Å²) < 4.78 is 14.2. The second-order valence-electron chi connectivity index (χ2n) is 12.5. The summed E-state index contributed by atoms with van der Waals surface area (Å²) in [7, 11) is 0. The molecule has 4 nitrogen and oxygen atoms in total. The Morgan fingerprint density at radius 1 is 0.511 bits per heavy atom. The van der Waals surface area contributed by atoms with Crippen molar-refractivity contribution >= 4 is 54.3 Å². The van der Waals surface area contributed by atoms with Crippen LogP contribution >= 0.6 is 0 Å². The Labute approximate surface area is 257 Å². The molecule has 0 bridgehead atoms. The molecule has 3 aliphatic heterocycles. The molecule has 6 heterocycles. The average Bonchev–Trinajstić information content (AvgIpc) is 3.71. The van der Waals surface area contributed by atoms with Crippen molar-refractivity contribution in [2.24, 2.45) is 0 Å². The number of ether oxygens (including phenoxy) is 1. The van der Waals surface area contributed by atoms with E-state index in [1.54, 1.807) is 0 Å². The standard InChI is InChI=1S/C41H23N3O/c1-2-10-24(11-3-1)44-33-16-5-4-12-25(33)31-22-29-26-18-19-36-39-37(26)40-27(30(29)23-34(31)44)14-9-21-43(40)41(39)38-28(13-8-17-35(38)45-36)32-15-6-7-20-42(32)41/h1-23H/q+2. The van der Waals surface area contributed by atoms with E-state index in [1.807, 2.05) is 0 Å². The fraction of sp³-hybridized carbons (Fsp3) is 0.0244. The minimum atomic E-state index is -0.555. The van der Waals surface area contributed by atoms with Crippen LogP contribution in [0.25, 0.3) is 71.2 Å². The molecule has 4 heteroatoms. The zero-order valence-electron chi connectivity index (χ0n) is 24.0. The van der Waals surface area contributed by atoms with E-state index >= 15 is 0 Å². The monoisotopic (exact) mass is 573 g/mol. The van der Waals surface area contributed by atoms with Crippen molar-refractivity contribution in [3.05, 3.63) is 151 Å². The van der Waals surface area contributed by atoms with E-state index in [9.17, 15) is 0 Å². The first-order valence-corrected chi connectivity index (χ1v) is 15.5. The molecule has 3 aromatic heterocycles. The maximum Gasteiger partial charge on any atom is 0.425 e. The maximum atomic E-state index is 6.77. The van der Waals surface area contributed by atoms with Crippen molar-refractivity contribution in [2.45, 2.75) is 5.66 Å². The van der Waals surface area contributed by atoms with Crippen molar-refractivity contribution in [3.63, 3.8) is 0 Å². The van der Waals surface area contributed by atoms with Crippen molar-refractivity contribution in [1.82, 2.24) is 4.57 Å². The molecular formula is C41H23N3O+2. The number of fused-ring (bicyclic) bond motifs is 8. The molecule has 6 aromatic carbocycles. The molecule has 0 aliphatic carbocycles. The Morgan fingerprint density at radius 2 is 1.31 bits per heavy atom. The van der Waals surface area contributed by atoms with Gasteiger partial charge in [0.25, 0.3) is 0 Å².